The van der Waals surface area contributed by atoms with E-state index in [4.69, 9.17) is 9.51 Å². The predicted molar refractivity (Wildman–Crippen MR) is 104 cm³/mol. The van der Waals surface area contributed by atoms with Crippen LogP contribution in [0, 0.1) is 0 Å². The van der Waals surface area contributed by atoms with Crippen molar-refractivity contribution in [1.29, 1.82) is 0 Å². The number of hydrogen-bond acceptors (Lipinski definition) is 7. The summed E-state index contributed by atoms with van der Waals surface area (Å²) in [6.45, 7) is 3.45. The Morgan fingerprint density at radius 3 is 2.75 bits per heavy atom. The van der Waals surface area contributed by atoms with Gasteiger partial charge in [0, 0.05) is 30.2 Å². The Balaban J connectivity index is 1.33. The number of pyridine rings is 1. The monoisotopic (exact) mass is 379 g/mol. The third kappa shape index (κ3) is 3.33. The third-order valence-corrected chi connectivity index (χ3v) is 5.95. The molecule has 2 fully saturated rings. The molecule has 0 bridgehead atoms. The summed E-state index contributed by atoms with van der Waals surface area (Å²) in [4.78, 5) is 18.3. The number of nitrogens with zero attached hydrogens (tertiary/aromatic N) is 7. The highest BCUT2D eigenvalue weighted by Crippen LogP contribution is 2.36. The molecule has 0 aliphatic carbocycles. The zero-order valence-electron chi connectivity index (χ0n) is 16.1. The van der Waals surface area contributed by atoms with Crippen molar-refractivity contribution in [1.82, 2.24) is 34.5 Å². The number of imidazole rings is 1. The average Bonchev–Trinajstić information content (AvgIpc) is 3.49. The summed E-state index contributed by atoms with van der Waals surface area (Å²) in [5.41, 5.74) is 0.864. The molecule has 0 saturated carbocycles. The molecular weight excluding hydrogens is 354 g/mol. The number of likely N-dealkylation sites (tertiary alicyclic amines) is 2. The summed E-state index contributed by atoms with van der Waals surface area (Å²) in [7, 11) is 2.20. The van der Waals surface area contributed by atoms with Gasteiger partial charge >= 0.3 is 0 Å². The van der Waals surface area contributed by atoms with Crippen molar-refractivity contribution in [3.05, 3.63) is 42.9 Å². The van der Waals surface area contributed by atoms with Crippen LogP contribution >= 0.6 is 0 Å². The highest BCUT2D eigenvalue weighted by Gasteiger charge is 2.36. The fourth-order valence-electron chi connectivity index (χ4n) is 4.37. The van der Waals surface area contributed by atoms with E-state index >= 15 is 0 Å². The van der Waals surface area contributed by atoms with Crippen molar-refractivity contribution in [3.8, 4) is 17.2 Å². The first kappa shape index (κ1) is 17.5. The van der Waals surface area contributed by atoms with E-state index in [0.717, 1.165) is 43.3 Å². The van der Waals surface area contributed by atoms with Gasteiger partial charge in [-0.1, -0.05) is 5.16 Å². The summed E-state index contributed by atoms with van der Waals surface area (Å²) >= 11 is 0. The largest absolute Gasteiger partial charge is 0.337 e. The molecule has 1 atom stereocenters. The van der Waals surface area contributed by atoms with Crippen LogP contribution < -0.4 is 0 Å². The first-order chi connectivity index (χ1) is 13.8. The first-order valence-electron chi connectivity index (χ1n) is 10.0. The lowest BCUT2D eigenvalue weighted by molar-refractivity contribution is 0.0958. The summed E-state index contributed by atoms with van der Waals surface area (Å²) in [6, 6.07) is 4.77. The van der Waals surface area contributed by atoms with Crippen LogP contribution in [0.3, 0.4) is 0 Å². The molecule has 146 valence electrons. The van der Waals surface area contributed by atoms with E-state index in [-0.39, 0.29) is 6.04 Å². The van der Waals surface area contributed by atoms with Gasteiger partial charge in [0.05, 0.1) is 6.04 Å². The Morgan fingerprint density at radius 1 is 1.11 bits per heavy atom. The lowest BCUT2D eigenvalue weighted by atomic mass is 10.0. The van der Waals surface area contributed by atoms with Crippen LogP contribution in [-0.2, 0) is 0 Å². The maximum absolute atomic E-state index is 5.69. The highest BCUT2D eigenvalue weighted by molar-refractivity contribution is 5.53. The minimum absolute atomic E-state index is 0.243. The smallest absolute Gasteiger partial charge is 0.244 e. The van der Waals surface area contributed by atoms with Gasteiger partial charge < -0.3 is 9.42 Å². The number of aromatic nitrogens is 5. The molecule has 0 radical (unpaired) electrons. The summed E-state index contributed by atoms with van der Waals surface area (Å²) < 4.78 is 7.56. The first-order valence-corrected chi connectivity index (χ1v) is 10.0. The Morgan fingerprint density at radius 2 is 2.00 bits per heavy atom. The number of hydrogen-bond donors (Lipinski definition) is 0. The van der Waals surface area contributed by atoms with Crippen molar-refractivity contribution < 1.29 is 4.52 Å². The third-order valence-electron chi connectivity index (χ3n) is 5.95. The molecule has 2 aliphatic heterocycles. The van der Waals surface area contributed by atoms with Gasteiger partial charge in [-0.3, -0.25) is 9.47 Å². The zero-order chi connectivity index (χ0) is 18.9. The fourth-order valence-corrected chi connectivity index (χ4v) is 4.37. The molecule has 8 nitrogen and oxygen atoms in total. The van der Waals surface area contributed by atoms with Gasteiger partial charge in [0.2, 0.25) is 11.7 Å². The van der Waals surface area contributed by atoms with Crippen LogP contribution in [0.2, 0.25) is 0 Å². The molecule has 5 rings (SSSR count). The topological polar surface area (TPSA) is 76.1 Å². The van der Waals surface area contributed by atoms with E-state index in [1.807, 2.05) is 22.9 Å². The van der Waals surface area contributed by atoms with Crippen molar-refractivity contribution in [2.24, 2.45) is 0 Å². The predicted octanol–water partition coefficient (Wildman–Crippen LogP) is 2.55. The molecule has 3 aromatic heterocycles. The van der Waals surface area contributed by atoms with E-state index in [9.17, 15) is 0 Å². The molecule has 3 aromatic rings. The number of rotatable bonds is 4. The maximum atomic E-state index is 5.69. The molecule has 1 unspecified atom stereocenters. The zero-order valence-corrected chi connectivity index (χ0v) is 16.1. The van der Waals surface area contributed by atoms with Gasteiger partial charge in [0.1, 0.15) is 12.1 Å². The van der Waals surface area contributed by atoms with Gasteiger partial charge in [-0.15, -0.1) is 0 Å². The molecule has 2 aliphatic rings. The lowest BCUT2D eigenvalue weighted by Crippen LogP contribution is -2.43. The van der Waals surface area contributed by atoms with Crippen LogP contribution in [0.25, 0.3) is 17.2 Å². The van der Waals surface area contributed by atoms with Crippen LogP contribution in [0.1, 0.15) is 37.6 Å². The van der Waals surface area contributed by atoms with Gasteiger partial charge in [-0.2, -0.15) is 4.98 Å². The van der Waals surface area contributed by atoms with E-state index in [1.54, 1.807) is 18.7 Å². The minimum Gasteiger partial charge on any atom is -0.337 e. The second kappa shape index (κ2) is 7.44. The van der Waals surface area contributed by atoms with Crippen molar-refractivity contribution in [3.63, 3.8) is 0 Å². The second-order valence-corrected chi connectivity index (χ2v) is 7.76. The van der Waals surface area contributed by atoms with Crippen LogP contribution in [0.5, 0.6) is 0 Å². The number of piperidine rings is 1. The normalized spacial score (nSPS) is 22.1. The van der Waals surface area contributed by atoms with Crippen molar-refractivity contribution >= 4 is 0 Å². The SMILES string of the molecule is CN1CCC(N2CCCC2c2nc(-c3ccc(-n4ccnc4)nc3)no2)CC1. The summed E-state index contributed by atoms with van der Waals surface area (Å²) in [5.74, 6) is 2.16. The molecule has 8 heteroatoms. The lowest BCUT2D eigenvalue weighted by Gasteiger charge is -2.37. The van der Waals surface area contributed by atoms with E-state index in [0.29, 0.717) is 11.9 Å². The van der Waals surface area contributed by atoms with Crippen LogP contribution in [-0.4, -0.2) is 67.2 Å². The van der Waals surface area contributed by atoms with E-state index < -0.39 is 0 Å². The standard InChI is InChI=1S/C20H25N7O/c1-25-10-6-16(7-11-25)27-9-2-3-17(27)20-23-19(24-28-20)15-4-5-18(22-13-15)26-12-8-21-14-26/h4-5,8,12-14,16-17H,2-3,6-7,9-11H2,1H3. The molecular formula is C20H25N7O. The molecule has 28 heavy (non-hydrogen) atoms. The Kier molecular flexibility index (Phi) is 4.66. The van der Waals surface area contributed by atoms with E-state index in [1.165, 1.54) is 19.3 Å². The minimum atomic E-state index is 0.243. The average molecular weight is 379 g/mol. The van der Waals surface area contributed by atoms with Gasteiger partial charge in [0.15, 0.2) is 0 Å². The maximum Gasteiger partial charge on any atom is 0.244 e. The quantitative estimate of drug-likeness (QED) is 0.689. The molecule has 0 amide bonds. The van der Waals surface area contributed by atoms with Crippen molar-refractivity contribution in [2.45, 2.75) is 37.8 Å². The Labute approximate surface area is 164 Å². The molecule has 5 heterocycles. The molecule has 0 N–H and O–H groups in total. The Hall–Kier alpha value is -2.58. The Bertz CT molecular complexity index is 897. The van der Waals surface area contributed by atoms with E-state index in [2.05, 4.69) is 32.0 Å². The van der Waals surface area contributed by atoms with Crippen LogP contribution in [0.4, 0.5) is 0 Å². The van der Waals surface area contributed by atoms with Gasteiger partial charge in [0.25, 0.3) is 0 Å². The molecule has 0 aromatic carbocycles. The highest BCUT2D eigenvalue weighted by atomic mass is 16.5. The fraction of sp³-hybridized carbons (Fsp3) is 0.500. The second-order valence-electron chi connectivity index (χ2n) is 7.76. The molecule has 2 saturated heterocycles. The van der Waals surface area contributed by atoms with Gasteiger partial charge in [-0.05, 0) is 64.5 Å². The van der Waals surface area contributed by atoms with Crippen molar-refractivity contribution in [2.75, 3.05) is 26.7 Å². The summed E-state index contributed by atoms with van der Waals surface area (Å²) in [5, 5.41) is 4.23. The molecule has 0 spiro atoms. The summed E-state index contributed by atoms with van der Waals surface area (Å²) in [6.07, 6.45) is 11.8. The van der Waals surface area contributed by atoms with Gasteiger partial charge in [-0.25, -0.2) is 9.97 Å². The van der Waals surface area contributed by atoms with Crippen LogP contribution in [0.15, 0.2) is 41.6 Å².